The standard InChI is InChI=1S/C6H10O2/c1-3-4-6(8)5(2)7/h3-4,6,8H,1-2H3/b4-3+. The maximum Gasteiger partial charge on any atom is 0.162 e. The van der Waals surface area contributed by atoms with Gasteiger partial charge in [-0.05, 0) is 13.8 Å². The van der Waals surface area contributed by atoms with Crippen molar-refractivity contribution in [2.24, 2.45) is 0 Å². The molecule has 0 saturated carbocycles. The number of aliphatic hydroxyl groups excluding tert-OH is 1. The van der Waals surface area contributed by atoms with Crippen LogP contribution in [0, 0.1) is 0 Å². The van der Waals surface area contributed by atoms with Gasteiger partial charge in [0.25, 0.3) is 0 Å². The second-order valence-electron chi connectivity index (χ2n) is 1.58. The van der Waals surface area contributed by atoms with Crippen LogP contribution in [0.4, 0.5) is 0 Å². The van der Waals surface area contributed by atoms with Gasteiger partial charge in [-0.25, -0.2) is 0 Å². The number of carbonyl (C=O) groups is 1. The van der Waals surface area contributed by atoms with Crippen LogP contribution in [0.2, 0.25) is 0 Å². The molecule has 0 heterocycles. The van der Waals surface area contributed by atoms with E-state index in [1.165, 1.54) is 13.0 Å². The highest BCUT2D eigenvalue weighted by Crippen LogP contribution is 1.85. The molecular formula is C6H10O2. The van der Waals surface area contributed by atoms with Crippen molar-refractivity contribution in [2.75, 3.05) is 0 Å². The van der Waals surface area contributed by atoms with E-state index >= 15 is 0 Å². The van der Waals surface area contributed by atoms with Crippen molar-refractivity contribution >= 4 is 5.78 Å². The van der Waals surface area contributed by atoms with Gasteiger partial charge in [0.1, 0.15) is 6.10 Å². The summed E-state index contributed by atoms with van der Waals surface area (Å²) in [5.74, 6) is -0.219. The van der Waals surface area contributed by atoms with Gasteiger partial charge in [0.2, 0.25) is 0 Å². The molecule has 0 aromatic rings. The Morgan fingerprint density at radius 1 is 1.75 bits per heavy atom. The molecule has 0 aliphatic carbocycles. The second-order valence-corrected chi connectivity index (χ2v) is 1.58. The minimum Gasteiger partial charge on any atom is -0.381 e. The molecule has 0 fully saturated rings. The van der Waals surface area contributed by atoms with E-state index < -0.39 is 6.10 Å². The molecular weight excluding hydrogens is 104 g/mol. The summed E-state index contributed by atoms with van der Waals surface area (Å²) in [5.41, 5.74) is 0. The van der Waals surface area contributed by atoms with Gasteiger partial charge in [0, 0.05) is 0 Å². The van der Waals surface area contributed by atoms with Gasteiger partial charge in [0.05, 0.1) is 0 Å². The van der Waals surface area contributed by atoms with Gasteiger partial charge in [-0.3, -0.25) is 4.79 Å². The molecule has 1 atom stereocenters. The lowest BCUT2D eigenvalue weighted by Gasteiger charge is -1.94. The maximum absolute atomic E-state index is 10.2. The van der Waals surface area contributed by atoms with Crippen LogP contribution in [-0.2, 0) is 4.79 Å². The number of rotatable bonds is 2. The normalized spacial score (nSPS) is 14.4. The van der Waals surface area contributed by atoms with E-state index in [9.17, 15) is 4.79 Å². The molecule has 0 aliphatic rings. The second kappa shape index (κ2) is 3.38. The average Bonchev–Trinajstić information content (AvgIpc) is 1.67. The Balaban J connectivity index is 3.64. The fourth-order valence-electron chi connectivity index (χ4n) is 0.318. The van der Waals surface area contributed by atoms with Crippen molar-refractivity contribution in [3.8, 4) is 0 Å². The SMILES string of the molecule is C/C=C/C(O)C(C)=O. The number of allylic oxidation sites excluding steroid dienone is 1. The van der Waals surface area contributed by atoms with Gasteiger partial charge in [-0.1, -0.05) is 12.2 Å². The first kappa shape index (κ1) is 7.37. The zero-order valence-corrected chi connectivity index (χ0v) is 5.09. The van der Waals surface area contributed by atoms with E-state index in [-0.39, 0.29) is 5.78 Å². The molecule has 0 saturated heterocycles. The minimum absolute atomic E-state index is 0.219. The van der Waals surface area contributed by atoms with Gasteiger partial charge in [-0.15, -0.1) is 0 Å². The summed E-state index contributed by atoms with van der Waals surface area (Å²) in [6, 6.07) is 0. The third-order valence-electron chi connectivity index (χ3n) is 0.791. The van der Waals surface area contributed by atoms with Crippen LogP contribution in [0.3, 0.4) is 0 Å². The van der Waals surface area contributed by atoms with E-state index in [1.807, 2.05) is 0 Å². The minimum atomic E-state index is -0.903. The number of carbonyl (C=O) groups excluding carboxylic acids is 1. The largest absolute Gasteiger partial charge is 0.381 e. The summed E-state index contributed by atoms with van der Waals surface area (Å²) in [7, 11) is 0. The smallest absolute Gasteiger partial charge is 0.162 e. The topological polar surface area (TPSA) is 37.3 Å². The summed E-state index contributed by atoms with van der Waals surface area (Å²) in [4.78, 5) is 10.2. The number of hydrogen-bond acceptors (Lipinski definition) is 2. The van der Waals surface area contributed by atoms with Gasteiger partial charge in [0.15, 0.2) is 5.78 Å². The Hall–Kier alpha value is -0.630. The Bertz CT molecular complexity index is 105. The molecule has 0 spiro atoms. The highest BCUT2D eigenvalue weighted by molar-refractivity contribution is 5.81. The lowest BCUT2D eigenvalue weighted by molar-refractivity contribution is -0.122. The molecule has 2 heteroatoms. The van der Waals surface area contributed by atoms with Crippen molar-refractivity contribution in [1.82, 2.24) is 0 Å². The number of ketones is 1. The molecule has 0 radical (unpaired) electrons. The summed E-state index contributed by atoms with van der Waals surface area (Å²) in [5, 5.41) is 8.69. The number of Topliss-reactive ketones (excluding diaryl/α,β-unsaturated/α-hetero) is 1. The van der Waals surface area contributed by atoms with Crippen molar-refractivity contribution in [3.05, 3.63) is 12.2 Å². The third-order valence-corrected chi connectivity index (χ3v) is 0.791. The Morgan fingerprint density at radius 3 is 2.38 bits per heavy atom. The molecule has 0 rings (SSSR count). The van der Waals surface area contributed by atoms with Crippen molar-refractivity contribution < 1.29 is 9.90 Å². The summed E-state index contributed by atoms with van der Waals surface area (Å²) >= 11 is 0. The molecule has 0 aromatic carbocycles. The summed E-state index contributed by atoms with van der Waals surface area (Å²) < 4.78 is 0. The van der Waals surface area contributed by atoms with Gasteiger partial charge < -0.3 is 5.11 Å². The molecule has 1 unspecified atom stereocenters. The Labute approximate surface area is 48.8 Å². The van der Waals surface area contributed by atoms with Gasteiger partial charge in [-0.2, -0.15) is 0 Å². The predicted molar refractivity (Wildman–Crippen MR) is 31.5 cm³/mol. The fraction of sp³-hybridized carbons (Fsp3) is 0.500. The summed E-state index contributed by atoms with van der Waals surface area (Å²) in [6.07, 6.45) is 2.19. The number of aliphatic hydroxyl groups is 1. The highest BCUT2D eigenvalue weighted by atomic mass is 16.3. The van der Waals surface area contributed by atoms with Crippen LogP contribution in [0.25, 0.3) is 0 Å². The molecule has 8 heavy (non-hydrogen) atoms. The molecule has 0 aromatic heterocycles. The monoisotopic (exact) mass is 114 g/mol. The molecule has 0 bridgehead atoms. The Kier molecular flexibility index (Phi) is 3.12. The van der Waals surface area contributed by atoms with E-state index in [0.29, 0.717) is 0 Å². The maximum atomic E-state index is 10.2. The molecule has 46 valence electrons. The molecule has 0 aliphatic heterocycles. The average molecular weight is 114 g/mol. The lowest BCUT2D eigenvalue weighted by atomic mass is 10.2. The van der Waals surface area contributed by atoms with Gasteiger partial charge >= 0.3 is 0 Å². The fourth-order valence-corrected chi connectivity index (χ4v) is 0.318. The Morgan fingerprint density at radius 2 is 2.25 bits per heavy atom. The molecule has 2 nitrogen and oxygen atoms in total. The van der Waals surface area contributed by atoms with Crippen LogP contribution in [0.5, 0.6) is 0 Å². The third kappa shape index (κ3) is 2.53. The van der Waals surface area contributed by atoms with Crippen LogP contribution in [0.1, 0.15) is 13.8 Å². The van der Waals surface area contributed by atoms with E-state index in [4.69, 9.17) is 5.11 Å². The quantitative estimate of drug-likeness (QED) is 0.531. The lowest BCUT2D eigenvalue weighted by Crippen LogP contribution is -2.12. The highest BCUT2D eigenvalue weighted by Gasteiger charge is 2.01. The van der Waals surface area contributed by atoms with Crippen molar-refractivity contribution in [2.45, 2.75) is 20.0 Å². The first-order chi connectivity index (χ1) is 3.68. The molecule has 0 amide bonds. The van der Waals surface area contributed by atoms with Crippen LogP contribution >= 0.6 is 0 Å². The van der Waals surface area contributed by atoms with Crippen LogP contribution in [-0.4, -0.2) is 17.0 Å². The van der Waals surface area contributed by atoms with Crippen LogP contribution < -0.4 is 0 Å². The zero-order valence-electron chi connectivity index (χ0n) is 5.09. The first-order valence-corrected chi connectivity index (χ1v) is 2.50. The van der Waals surface area contributed by atoms with E-state index in [1.54, 1.807) is 13.0 Å². The van der Waals surface area contributed by atoms with E-state index in [0.717, 1.165) is 0 Å². The number of hydrogen-bond donors (Lipinski definition) is 1. The summed E-state index contributed by atoms with van der Waals surface area (Å²) in [6.45, 7) is 3.11. The van der Waals surface area contributed by atoms with Crippen LogP contribution in [0.15, 0.2) is 12.2 Å². The van der Waals surface area contributed by atoms with E-state index in [2.05, 4.69) is 0 Å². The zero-order chi connectivity index (χ0) is 6.57. The van der Waals surface area contributed by atoms with Crippen molar-refractivity contribution in [1.29, 1.82) is 0 Å². The molecule has 1 N–H and O–H groups in total. The predicted octanol–water partition coefficient (Wildman–Crippen LogP) is 0.512. The first-order valence-electron chi connectivity index (χ1n) is 2.50. The van der Waals surface area contributed by atoms with Crippen molar-refractivity contribution in [3.63, 3.8) is 0 Å².